The number of rotatable bonds is 5. The lowest BCUT2D eigenvalue weighted by atomic mass is 10.0. The predicted molar refractivity (Wildman–Crippen MR) is 86.5 cm³/mol. The van der Waals surface area contributed by atoms with E-state index in [1.807, 2.05) is 12.1 Å². The molecule has 0 spiro atoms. The molecular formula is C18H20N2O4. The zero-order chi connectivity index (χ0) is 16.9. The molecule has 6 heteroatoms. The van der Waals surface area contributed by atoms with Gasteiger partial charge in [-0.25, -0.2) is 4.79 Å². The molecular weight excluding hydrogens is 308 g/mol. The van der Waals surface area contributed by atoms with Gasteiger partial charge >= 0.3 is 5.97 Å². The van der Waals surface area contributed by atoms with Crippen LogP contribution in [0.15, 0.2) is 23.9 Å². The number of carbonyl (C=O) groups excluding carboxylic acids is 1. The van der Waals surface area contributed by atoms with E-state index in [1.165, 1.54) is 7.11 Å². The molecule has 0 atom stereocenters. The van der Waals surface area contributed by atoms with Crippen molar-refractivity contribution in [1.29, 1.82) is 5.26 Å². The Balaban J connectivity index is 1.73. The number of nitrogens with zero attached hydrogens (tertiary/aromatic N) is 2. The van der Waals surface area contributed by atoms with Gasteiger partial charge < -0.3 is 19.1 Å². The van der Waals surface area contributed by atoms with Gasteiger partial charge in [0.15, 0.2) is 11.5 Å². The molecule has 1 aromatic rings. The maximum absolute atomic E-state index is 11.5. The van der Waals surface area contributed by atoms with Crippen molar-refractivity contribution in [3.8, 4) is 17.6 Å². The molecule has 0 radical (unpaired) electrons. The standard InChI is InChI=1S/C18H20N2O4/c1-22-18(21)11-15-3-2-7-20(15)8-5-14-10-17-16(23-12-24-17)9-13(14)4-6-19/h9-11H,2-5,7-8,12H2,1H3/b15-11+. The molecule has 24 heavy (non-hydrogen) atoms. The van der Waals surface area contributed by atoms with Crippen LogP contribution in [0.4, 0.5) is 0 Å². The number of benzene rings is 1. The van der Waals surface area contributed by atoms with Gasteiger partial charge in [0.1, 0.15) is 0 Å². The number of allylic oxidation sites excluding steroid dienone is 1. The maximum atomic E-state index is 11.5. The summed E-state index contributed by atoms with van der Waals surface area (Å²) >= 11 is 0. The summed E-state index contributed by atoms with van der Waals surface area (Å²) in [6.45, 7) is 1.95. The number of fused-ring (bicyclic) bond motifs is 1. The van der Waals surface area contributed by atoms with E-state index in [0.717, 1.165) is 54.9 Å². The minimum atomic E-state index is -0.315. The largest absolute Gasteiger partial charge is 0.466 e. The monoisotopic (exact) mass is 328 g/mol. The zero-order valence-corrected chi connectivity index (χ0v) is 13.7. The fourth-order valence-electron chi connectivity index (χ4n) is 3.13. The van der Waals surface area contributed by atoms with Gasteiger partial charge in [-0.3, -0.25) is 0 Å². The Kier molecular flexibility index (Phi) is 4.90. The van der Waals surface area contributed by atoms with Gasteiger partial charge in [-0.2, -0.15) is 5.26 Å². The third-order valence-electron chi connectivity index (χ3n) is 4.37. The Labute approximate surface area is 141 Å². The molecule has 1 aromatic carbocycles. The van der Waals surface area contributed by atoms with Crippen LogP contribution in [-0.2, 0) is 22.4 Å². The zero-order valence-electron chi connectivity index (χ0n) is 13.7. The van der Waals surface area contributed by atoms with Crippen molar-refractivity contribution in [3.05, 3.63) is 35.0 Å². The molecule has 3 rings (SSSR count). The summed E-state index contributed by atoms with van der Waals surface area (Å²) in [6, 6.07) is 6.07. The van der Waals surface area contributed by atoms with E-state index in [9.17, 15) is 4.79 Å². The molecule has 0 amide bonds. The Morgan fingerprint density at radius 3 is 2.83 bits per heavy atom. The third kappa shape index (κ3) is 3.46. The van der Waals surface area contributed by atoms with Gasteiger partial charge in [-0.1, -0.05) is 0 Å². The molecule has 1 saturated heterocycles. The SMILES string of the molecule is COC(=O)/C=C1\CCCN1CCc1cc2c(cc1CC#N)OCO2. The van der Waals surface area contributed by atoms with Crippen LogP contribution in [0.1, 0.15) is 24.0 Å². The molecule has 1 fully saturated rings. The predicted octanol–water partition coefficient (Wildman–Crippen LogP) is 2.18. The van der Waals surface area contributed by atoms with Crippen LogP contribution in [0.25, 0.3) is 0 Å². The minimum Gasteiger partial charge on any atom is -0.466 e. The summed E-state index contributed by atoms with van der Waals surface area (Å²) in [5.74, 6) is 1.13. The first kappa shape index (κ1) is 16.2. The lowest BCUT2D eigenvalue weighted by molar-refractivity contribution is -0.134. The van der Waals surface area contributed by atoms with Gasteiger partial charge in [-0.15, -0.1) is 0 Å². The van der Waals surface area contributed by atoms with Crippen molar-refractivity contribution in [2.75, 3.05) is 27.0 Å². The molecule has 2 heterocycles. The smallest absolute Gasteiger partial charge is 0.332 e. The third-order valence-corrected chi connectivity index (χ3v) is 4.37. The van der Waals surface area contributed by atoms with Crippen molar-refractivity contribution in [2.45, 2.75) is 25.7 Å². The van der Waals surface area contributed by atoms with Crippen LogP contribution in [0.2, 0.25) is 0 Å². The Bertz CT molecular complexity index is 706. The number of nitriles is 1. The highest BCUT2D eigenvalue weighted by molar-refractivity contribution is 5.82. The Morgan fingerprint density at radius 1 is 1.38 bits per heavy atom. The summed E-state index contributed by atoms with van der Waals surface area (Å²) in [7, 11) is 1.39. The molecule has 0 N–H and O–H groups in total. The number of hydrogen-bond donors (Lipinski definition) is 0. The van der Waals surface area contributed by atoms with Crippen LogP contribution < -0.4 is 9.47 Å². The molecule has 0 bridgehead atoms. The first-order valence-corrected chi connectivity index (χ1v) is 8.03. The average molecular weight is 328 g/mol. The van der Waals surface area contributed by atoms with E-state index in [0.29, 0.717) is 12.2 Å². The van der Waals surface area contributed by atoms with Crippen molar-refractivity contribution < 1.29 is 19.0 Å². The van der Waals surface area contributed by atoms with Gasteiger partial charge in [0.2, 0.25) is 6.79 Å². The topological polar surface area (TPSA) is 71.8 Å². The Hall–Kier alpha value is -2.68. The number of likely N-dealkylation sites (tertiary alicyclic amines) is 1. The molecule has 0 saturated carbocycles. The lowest BCUT2D eigenvalue weighted by Gasteiger charge is -2.20. The summed E-state index contributed by atoms with van der Waals surface area (Å²) in [4.78, 5) is 13.7. The van der Waals surface area contributed by atoms with Crippen LogP contribution in [0, 0.1) is 11.3 Å². The van der Waals surface area contributed by atoms with E-state index in [-0.39, 0.29) is 12.8 Å². The van der Waals surface area contributed by atoms with Gasteiger partial charge in [-0.05, 0) is 42.5 Å². The minimum absolute atomic E-state index is 0.225. The average Bonchev–Trinajstić information content (AvgIpc) is 3.21. The molecule has 0 aliphatic carbocycles. The molecule has 2 aliphatic heterocycles. The fraction of sp³-hybridized carbons (Fsp3) is 0.444. The molecule has 126 valence electrons. The quantitative estimate of drug-likeness (QED) is 0.609. The number of methoxy groups -OCH3 is 1. The number of carbonyl (C=O) groups is 1. The van der Waals surface area contributed by atoms with Gasteiger partial charge in [0, 0.05) is 24.9 Å². The second-order valence-corrected chi connectivity index (χ2v) is 5.81. The first-order valence-electron chi connectivity index (χ1n) is 8.03. The van der Waals surface area contributed by atoms with Gasteiger partial charge in [0.05, 0.1) is 19.6 Å². The molecule has 0 unspecified atom stereocenters. The molecule has 0 aromatic heterocycles. The fourth-order valence-corrected chi connectivity index (χ4v) is 3.13. The summed E-state index contributed by atoms with van der Waals surface area (Å²) in [5, 5.41) is 9.05. The van der Waals surface area contributed by atoms with Crippen molar-refractivity contribution in [1.82, 2.24) is 4.90 Å². The normalized spacial score (nSPS) is 17.2. The van der Waals surface area contributed by atoms with Crippen LogP contribution in [0.5, 0.6) is 11.5 Å². The summed E-state index contributed by atoms with van der Waals surface area (Å²) in [6.07, 6.45) is 4.63. The van der Waals surface area contributed by atoms with Crippen molar-refractivity contribution >= 4 is 5.97 Å². The van der Waals surface area contributed by atoms with Crippen LogP contribution in [-0.4, -0.2) is 37.9 Å². The number of ether oxygens (including phenoxy) is 3. The van der Waals surface area contributed by atoms with E-state index >= 15 is 0 Å². The number of hydrogen-bond acceptors (Lipinski definition) is 6. The highest BCUT2D eigenvalue weighted by Gasteiger charge is 2.20. The van der Waals surface area contributed by atoms with E-state index in [4.69, 9.17) is 19.5 Å². The molecule has 2 aliphatic rings. The first-order chi connectivity index (χ1) is 11.7. The Morgan fingerprint density at radius 2 is 2.12 bits per heavy atom. The highest BCUT2D eigenvalue weighted by Crippen LogP contribution is 2.35. The van der Waals surface area contributed by atoms with Crippen molar-refractivity contribution in [3.63, 3.8) is 0 Å². The highest BCUT2D eigenvalue weighted by atomic mass is 16.7. The second kappa shape index (κ2) is 7.26. The maximum Gasteiger partial charge on any atom is 0.332 e. The summed E-state index contributed by atoms with van der Waals surface area (Å²) < 4.78 is 15.5. The van der Waals surface area contributed by atoms with E-state index in [2.05, 4.69) is 11.0 Å². The summed E-state index contributed by atoms with van der Waals surface area (Å²) in [5.41, 5.74) is 3.08. The second-order valence-electron chi connectivity index (χ2n) is 5.81. The van der Waals surface area contributed by atoms with Crippen molar-refractivity contribution in [2.24, 2.45) is 0 Å². The molecule has 6 nitrogen and oxygen atoms in total. The van der Waals surface area contributed by atoms with E-state index in [1.54, 1.807) is 6.08 Å². The lowest BCUT2D eigenvalue weighted by Crippen LogP contribution is -2.22. The van der Waals surface area contributed by atoms with Crippen LogP contribution >= 0.6 is 0 Å². The van der Waals surface area contributed by atoms with Gasteiger partial charge in [0.25, 0.3) is 0 Å². The number of esters is 1. The van der Waals surface area contributed by atoms with Crippen LogP contribution in [0.3, 0.4) is 0 Å². The van der Waals surface area contributed by atoms with E-state index < -0.39 is 0 Å².